The molecule has 156 valence electrons. The second kappa shape index (κ2) is 7.36. The van der Waals surface area contributed by atoms with Crippen LogP contribution in [0.25, 0.3) is 49.4 Å². The van der Waals surface area contributed by atoms with E-state index in [1.807, 2.05) is 6.92 Å². The molecule has 6 rings (SSSR count). The molecule has 2 nitrogen and oxygen atoms in total. The van der Waals surface area contributed by atoms with Gasteiger partial charge in [0.25, 0.3) is 0 Å². The number of rotatable bonds is 2. The van der Waals surface area contributed by atoms with E-state index in [1.165, 1.54) is 27.2 Å². The molecule has 0 unspecified atom stereocenters. The summed E-state index contributed by atoms with van der Waals surface area (Å²) in [5.74, 6) is 0. The summed E-state index contributed by atoms with van der Waals surface area (Å²) in [6, 6.07) is 36.7. The van der Waals surface area contributed by atoms with Crippen molar-refractivity contribution in [2.75, 3.05) is 0 Å². The summed E-state index contributed by atoms with van der Waals surface area (Å²) < 4.78 is 2.36. The predicted octanol–water partition coefficient (Wildman–Crippen LogP) is 8.09. The minimum absolute atomic E-state index is 0.746. The van der Waals surface area contributed by atoms with Gasteiger partial charge in [0.2, 0.25) is 0 Å². The van der Waals surface area contributed by atoms with E-state index in [9.17, 15) is 5.26 Å². The number of nitrogens with zero attached hydrogens (tertiary/aromatic N) is 2. The average molecular weight is 423 g/mol. The van der Waals surface area contributed by atoms with E-state index in [0.717, 1.165) is 38.9 Å². The topological polar surface area (TPSA) is 28.7 Å². The maximum atomic E-state index is 9.91. The largest absolute Gasteiger partial charge is 0.309 e. The van der Waals surface area contributed by atoms with Crippen molar-refractivity contribution in [2.45, 2.75) is 13.8 Å². The Morgan fingerprint density at radius 1 is 0.606 bits per heavy atom. The number of nitriles is 1. The standard InChI is InChI=1S/C31H22N2/c1-20-17-21(2)28(19-32)27(18-20)23-11-7-13-24-22(23)12-8-16-31(24)33-29-14-5-3-9-25(29)26-10-4-6-15-30(26)33/h3-18H,1-2H3. The molecule has 0 amide bonds. The first kappa shape index (κ1) is 19.3. The molecule has 33 heavy (non-hydrogen) atoms. The number of hydrogen-bond acceptors (Lipinski definition) is 1. The SMILES string of the molecule is Cc1cc(C)c(C#N)c(-c2cccc3c(-n4c5ccccc5c5ccccc54)cccc23)c1. The van der Waals surface area contributed by atoms with Crippen molar-refractivity contribution >= 4 is 32.6 Å². The third-order valence-electron chi connectivity index (χ3n) is 6.60. The van der Waals surface area contributed by atoms with Crippen molar-refractivity contribution in [3.05, 3.63) is 114 Å². The molecular formula is C31H22N2. The van der Waals surface area contributed by atoms with Crippen molar-refractivity contribution in [1.29, 1.82) is 5.26 Å². The lowest BCUT2D eigenvalue weighted by atomic mass is 9.91. The van der Waals surface area contributed by atoms with Crippen LogP contribution in [-0.2, 0) is 0 Å². The van der Waals surface area contributed by atoms with Crippen molar-refractivity contribution in [3.8, 4) is 22.9 Å². The van der Waals surface area contributed by atoms with Crippen LogP contribution < -0.4 is 0 Å². The molecule has 0 spiro atoms. The van der Waals surface area contributed by atoms with Gasteiger partial charge in [-0.25, -0.2) is 0 Å². The van der Waals surface area contributed by atoms with Crippen molar-refractivity contribution in [3.63, 3.8) is 0 Å². The van der Waals surface area contributed by atoms with Crippen LogP contribution in [0.3, 0.4) is 0 Å². The van der Waals surface area contributed by atoms with Gasteiger partial charge < -0.3 is 4.57 Å². The fourth-order valence-electron chi connectivity index (χ4n) is 5.23. The van der Waals surface area contributed by atoms with Gasteiger partial charge in [0, 0.05) is 21.7 Å². The summed E-state index contributed by atoms with van der Waals surface area (Å²) >= 11 is 0. The highest BCUT2D eigenvalue weighted by Crippen LogP contribution is 2.38. The third-order valence-corrected chi connectivity index (χ3v) is 6.60. The molecule has 1 aromatic heterocycles. The molecule has 0 radical (unpaired) electrons. The lowest BCUT2D eigenvalue weighted by molar-refractivity contribution is 1.20. The smallest absolute Gasteiger partial charge is 0.100 e. The quantitative estimate of drug-likeness (QED) is 0.277. The van der Waals surface area contributed by atoms with E-state index < -0.39 is 0 Å². The summed E-state index contributed by atoms with van der Waals surface area (Å²) in [6.07, 6.45) is 0. The lowest BCUT2D eigenvalue weighted by Gasteiger charge is -2.15. The highest BCUT2D eigenvalue weighted by Gasteiger charge is 2.16. The van der Waals surface area contributed by atoms with Crippen LogP contribution in [0.2, 0.25) is 0 Å². The molecule has 0 aliphatic rings. The van der Waals surface area contributed by atoms with Crippen molar-refractivity contribution < 1.29 is 0 Å². The second-order valence-corrected chi connectivity index (χ2v) is 8.66. The predicted molar refractivity (Wildman–Crippen MR) is 138 cm³/mol. The number of hydrogen-bond donors (Lipinski definition) is 0. The number of fused-ring (bicyclic) bond motifs is 4. The first-order valence-electron chi connectivity index (χ1n) is 11.2. The van der Waals surface area contributed by atoms with E-state index in [-0.39, 0.29) is 0 Å². The van der Waals surface area contributed by atoms with Gasteiger partial charge in [-0.05, 0) is 48.6 Å². The van der Waals surface area contributed by atoms with Gasteiger partial charge in [-0.15, -0.1) is 0 Å². The zero-order valence-electron chi connectivity index (χ0n) is 18.6. The van der Waals surface area contributed by atoms with Gasteiger partial charge >= 0.3 is 0 Å². The Hall–Kier alpha value is -4.35. The van der Waals surface area contributed by atoms with Crippen LogP contribution in [0, 0.1) is 25.2 Å². The molecule has 6 aromatic rings. The van der Waals surface area contributed by atoms with Gasteiger partial charge in [-0.2, -0.15) is 5.26 Å². The molecule has 2 heteroatoms. The molecule has 0 saturated heterocycles. The molecule has 0 saturated carbocycles. The van der Waals surface area contributed by atoms with E-state index in [2.05, 4.69) is 115 Å². The zero-order valence-corrected chi connectivity index (χ0v) is 18.6. The minimum atomic E-state index is 0.746. The van der Waals surface area contributed by atoms with E-state index in [1.54, 1.807) is 0 Å². The summed E-state index contributed by atoms with van der Waals surface area (Å²) in [5.41, 5.74) is 8.56. The summed E-state index contributed by atoms with van der Waals surface area (Å²) in [4.78, 5) is 0. The third kappa shape index (κ3) is 2.87. The molecular weight excluding hydrogens is 400 g/mol. The number of aromatic nitrogens is 1. The average Bonchev–Trinajstić information content (AvgIpc) is 3.17. The first-order valence-corrected chi connectivity index (χ1v) is 11.2. The molecule has 5 aromatic carbocycles. The maximum Gasteiger partial charge on any atom is 0.100 e. The van der Waals surface area contributed by atoms with Crippen molar-refractivity contribution in [2.24, 2.45) is 0 Å². The van der Waals surface area contributed by atoms with Gasteiger partial charge in [0.1, 0.15) is 6.07 Å². The lowest BCUT2D eigenvalue weighted by Crippen LogP contribution is -1.97. The molecule has 0 atom stereocenters. The number of benzene rings is 5. The van der Waals surface area contributed by atoms with E-state index >= 15 is 0 Å². The molecule has 0 bridgehead atoms. The maximum absolute atomic E-state index is 9.91. The van der Waals surface area contributed by atoms with Crippen molar-refractivity contribution in [1.82, 2.24) is 4.57 Å². The Labute approximate surface area is 192 Å². The second-order valence-electron chi connectivity index (χ2n) is 8.66. The van der Waals surface area contributed by atoms with Crippen LogP contribution in [0.1, 0.15) is 16.7 Å². The van der Waals surface area contributed by atoms with Crippen LogP contribution in [0.15, 0.2) is 97.1 Å². The Morgan fingerprint density at radius 2 is 1.21 bits per heavy atom. The van der Waals surface area contributed by atoms with Crippen LogP contribution in [-0.4, -0.2) is 4.57 Å². The fourth-order valence-corrected chi connectivity index (χ4v) is 5.23. The van der Waals surface area contributed by atoms with Gasteiger partial charge in [-0.3, -0.25) is 0 Å². The van der Waals surface area contributed by atoms with Gasteiger partial charge in [0.05, 0.1) is 22.3 Å². The summed E-state index contributed by atoms with van der Waals surface area (Å²) in [7, 11) is 0. The summed E-state index contributed by atoms with van der Waals surface area (Å²) in [5, 5.41) is 14.7. The van der Waals surface area contributed by atoms with E-state index in [0.29, 0.717) is 0 Å². The minimum Gasteiger partial charge on any atom is -0.309 e. The van der Waals surface area contributed by atoms with Gasteiger partial charge in [-0.1, -0.05) is 84.4 Å². The van der Waals surface area contributed by atoms with Crippen LogP contribution in [0.4, 0.5) is 0 Å². The monoisotopic (exact) mass is 422 g/mol. The Morgan fingerprint density at radius 3 is 1.91 bits per heavy atom. The Bertz CT molecular complexity index is 1690. The number of para-hydroxylation sites is 2. The first-order chi connectivity index (χ1) is 16.2. The Balaban J connectivity index is 1.72. The molecule has 0 fully saturated rings. The highest BCUT2D eigenvalue weighted by molar-refractivity contribution is 6.11. The molecule has 0 aliphatic heterocycles. The normalized spacial score (nSPS) is 11.3. The highest BCUT2D eigenvalue weighted by atomic mass is 15.0. The molecule has 1 heterocycles. The van der Waals surface area contributed by atoms with Crippen LogP contribution in [0.5, 0.6) is 0 Å². The summed E-state index contributed by atoms with van der Waals surface area (Å²) in [6.45, 7) is 4.11. The van der Waals surface area contributed by atoms with E-state index in [4.69, 9.17) is 0 Å². The Kier molecular flexibility index (Phi) is 4.31. The zero-order chi connectivity index (χ0) is 22.5. The van der Waals surface area contributed by atoms with Crippen LogP contribution >= 0.6 is 0 Å². The number of aryl methyl sites for hydroxylation is 2. The fraction of sp³-hybridized carbons (Fsp3) is 0.0645. The molecule has 0 aliphatic carbocycles. The molecule has 0 N–H and O–H groups in total. The van der Waals surface area contributed by atoms with Gasteiger partial charge in [0.15, 0.2) is 0 Å².